The van der Waals surface area contributed by atoms with Gasteiger partial charge in [-0.2, -0.15) is 0 Å². The van der Waals surface area contributed by atoms with E-state index >= 15 is 0 Å². The molecule has 0 spiro atoms. The normalized spacial score (nSPS) is 16.5. The lowest BCUT2D eigenvalue weighted by atomic mass is 10.2. The monoisotopic (exact) mass is 449 g/mol. The van der Waals surface area contributed by atoms with E-state index in [2.05, 4.69) is 0 Å². The molecule has 3 nitrogen and oxygen atoms in total. The second-order valence-corrected chi connectivity index (χ2v) is 8.49. The molecule has 7 heteroatoms. The minimum absolute atomic E-state index is 0.0346. The zero-order chi connectivity index (χ0) is 19.7. The average molecular weight is 451 g/mol. The van der Waals surface area contributed by atoms with E-state index in [0.717, 1.165) is 11.3 Å². The Hall–Kier alpha value is -1.85. The van der Waals surface area contributed by atoms with Crippen molar-refractivity contribution in [1.82, 2.24) is 0 Å². The van der Waals surface area contributed by atoms with Gasteiger partial charge in [0.25, 0.3) is 0 Å². The van der Waals surface area contributed by atoms with Crippen molar-refractivity contribution >= 4 is 58.2 Å². The SMILES string of the molecule is O=C1CS[C@@H](c2ccc(Cl)cc2Cl)N1c1ccc(Oc2ccc(Cl)cc2)cc1. The number of nitrogens with zero attached hydrogens (tertiary/aromatic N) is 1. The zero-order valence-electron chi connectivity index (χ0n) is 14.4. The van der Waals surface area contributed by atoms with Crippen LogP contribution in [0.3, 0.4) is 0 Å². The number of hydrogen-bond acceptors (Lipinski definition) is 3. The highest BCUT2D eigenvalue weighted by Gasteiger charge is 2.35. The molecule has 28 heavy (non-hydrogen) atoms. The van der Waals surface area contributed by atoms with Crippen LogP contribution in [0.2, 0.25) is 15.1 Å². The van der Waals surface area contributed by atoms with Crippen molar-refractivity contribution in [1.29, 1.82) is 0 Å². The third kappa shape index (κ3) is 4.11. The highest BCUT2D eigenvalue weighted by atomic mass is 35.5. The highest BCUT2D eigenvalue weighted by Crippen LogP contribution is 2.44. The van der Waals surface area contributed by atoms with Crippen LogP contribution < -0.4 is 9.64 Å². The van der Waals surface area contributed by atoms with Crippen molar-refractivity contribution in [3.05, 3.63) is 87.4 Å². The predicted octanol–water partition coefficient (Wildman–Crippen LogP) is 7.22. The minimum atomic E-state index is -0.194. The predicted molar refractivity (Wildman–Crippen MR) is 117 cm³/mol. The molecule has 3 aromatic carbocycles. The summed E-state index contributed by atoms with van der Waals surface area (Å²) in [6.45, 7) is 0. The number of rotatable bonds is 4. The molecule has 0 saturated carbocycles. The van der Waals surface area contributed by atoms with Crippen molar-refractivity contribution in [2.75, 3.05) is 10.7 Å². The first-order valence-electron chi connectivity index (χ1n) is 8.43. The summed E-state index contributed by atoms with van der Waals surface area (Å²) in [6, 6.07) is 19.9. The molecular formula is C21H14Cl3NO2S. The number of halogens is 3. The molecule has 1 saturated heterocycles. The Bertz CT molecular complexity index is 1010. The van der Waals surface area contributed by atoms with Crippen LogP contribution >= 0.6 is 46.6 Å². The number of amides is 1. The Balaban J connectivity index is 1.58. The topological polar surface area (TPSA) is 29.5 Å². The van der Waals surface area contributed by atoms with Crippen molar-refractivity contribution < 1.29 is 9.53 Å². The van der Waals surface area contributed by atoms with Crippen molar-refractivity contribution in [3.8, 4) is 11.5 Å². The molecule has 0 radical (unpaired) electrons. The molecular weight excluding hydrogens is 437 g/mol. The zero-order valence-corrected chi connectivity index (χ0v) is 17.5. The Morgan fingerprint density at radius 3 is 2.11 bits per heavy atom. The molecule has 4 rings (SSSR count). The van der Waals surface area contributed by atoms with Gasteiger partial charge in [0, 0.05) is 26.3 Å². The van der Waals surface area contributed by atoms with Gasteiger partial charge in [-0.1, -0.05) is 40.9 Å². The van der Waals surface area contributed by atoms with Crippen LogP contribution in [0.4, 0.5) is 5.69 Å². The second kappa shape index (κ2) is 8.26. The summed E-state index contributed by atoms with van der Waals surface area (Å²) >= 11 is 19.8. The Morgan fingerprint density at radius 1 is 0.857 bits per heavy atom. The van der Waals surface area contributed by atoms with Crippen LogP contribution in [0.25, 0.3) is 0 Å². The maximum absolute atomic E-state index is 12.5. The maximum Gasteiger partial charge on any atom is 0.238 e. The van der Waals surface area contributed by atoms with Gasteiger partial charge in [0.15, 0.2) is 0 Å². The summed E-state index contributed by atoms with van der Waals surface area (Å²) in [5.41, 5.74) is 1.65. The molecule has 1 amide bonds. The van der Waals surface area contributed by atoms with Crippen LogP contribution in [0, 0.1) is 0 Å². The first-order chi connectivity index (χ1) is 13.5. The van der Waals surface area contributed by atoms with E-state index in [4.69, 9.17) is 39.5 Å². The molecule has 1 fully saturated rings. The van der Waals surface area contributed by atoms with E-state index in [1.807, 2.05) is 30.3 Å². The van der Waals surface area contributed by atoms with Crippen LogP contribution in [0.1, 0.15) is 10.9 Å². The van der Waals surface area contributed by atoms with Gasteiger partial charge in [-0.05, 0) is 60.7 Å². The summed E-state index contributed by atoms with van der Waals surface area (Å²) in [6.07, 6.45) is 0. The lowest BCUT2D eigenvalue weighted by Crippen LogP contribution is -2.27. The smallest absolute Gasteiger partial charge is 0.238 e. The number of thioether (sulfide) groups is 1. The quantitative estimate of drug-likeness (QED) is 0.420. The molecule has 1 aliphatic heterocycles. The fourth-order valence-electron chi connectivity index (χ4n) is 2.95. The highest BCUT2D eigenvalue weighted by molar-refractivity contribution is 8.00. The Morgan fingerprint density at radius 2 is 1.46 bits per heavy atom. The van der Waals surface area contributed by atoms with Crippen LogP contribution in [0.5, 0.6) is 11.5 Å². The van der Waals surface area contributed by atoms with Gasteiger partial charge in [0.05, 0.1) is 5.75 Å². The average Bonchev–Trinajstić information content (AvgIpc) is 3.05. The third-order valence-corrected chi connectivity index (χ3v) is 6.27. The van der Waals surface area contributed by atoms with E-state index in [1.165, 1.54) is 11.8 Å². The number of carbonyl (C=O) groups excluding carboxylic acids is 1. The molecule has 1 aliphatic rings. The number of benzene rings is 3. The fraction of sp³-hybridized carbons (Fsp3) is 0.0952. The largest absolute Gasteiger partial charge is 0.457 e. The lowest BCUT2D eigenvalue weighted by Gasteiger charge is -2.25. The standard InChI is InChI=1S/C21H14Cl3NO2S/c22-13-1-6-16(7-2-13)27-17-8-4-15(5-9-17)25-20(26)12-28-21(25)18-10-3-14(23)11-19(18)24/h1-11,21H,12H2/t21-/m0/s1. The molecule has 1 atom stereocenters. The third-order valence-electron chi connectivity index (χ3n) is 4.26. The van der Waals surface area contributed by atoms with Crippen molar-refractivity contribution in [2.24, 2.45) is 0 Å². The summed E-state index contributed by atoms with van der Waals surface area (Å²) in [4.78, 5) is 14.3. The number of hydrogen-bond donors (Lipinski definition) is 0. The molecule has 0 bridgehead atoms. The minimum Gasteiger partial charge on any atom is -0.457 e. The lowest BCUT2D eigenvalue weighted by molar-refractivity contribution is -0.115. The number of ether oxygens (including phenoxy) is 1. The molecule has 0 aromatic heterocycles. The van der Waals surface area contributed by atoms with E-state index in [1.54, 1.807) is 41.3 Å². The van der Waals surface area contributed by atoms with Gasteiger partial charge >= 0.3 is 0 Å². The summed E-state index contributed by atoms with van der Waals surface area (Å²) < 4.78 is 5.82. The van der Waals surface area contributed by atoms with E-state index in [0.29, 0.717) is 32.3 Å². The van der Waals surface area contributed by atoms with Gasteiger partial charge in [-0.25, -0.2) is 0 Å². The number of carbonyl (C=O) groups is 1. The second-order valence-electron chi connectivity index (χ2n) is 6.14. The van der Waals surface area contributed by atoms with Gasteiger partial charge in [-0.3, -0.25) is 9.69 Å². The molecule has 0 unspecified atom stereocenters. The van der Waals surface area contributed by atoms with Crippen LogP contribution in [-0.4, -0.2) is 11.7 Å². The first-order valence-corrected chi connectivity index (χ1v) is 10.6. The molecule has 0 N–H and O–H groups in total. The first kappa shape index (κ1) is 19.5. The van der Waals surface area contributed by atoms with Crippen molar-refractivity contribution in [3.63, 3.8) is 0 Å². The Labute approximate surface area is 182 Å². The Kier molecular flexibility index (Phi) is 5.74. The van der Waals surface area contributed by atoms with E-state index < -0.39 is 0 Å². The van der Waals surface area contributed by atoms with Gasteiger partial charge in [0.1, 0.15) is 16.9 Å². The summed E-state index contributed by atoms with van der Waals surface area (Å²) in [5.74, 6) is 1.79. The molecule has 1 heterocycles. The summed E-state index contributed by atoms with van der Waals surface area (Å²) in [7, 11) is 0. The van der Waals surface area contributed by atoms with Gasteiger partial charge in [0.2, 0.25) is 5.91 Å². The summed E-state index contributed by atoms with van der Waals surface area (Å²) in [5, 5.41) is 1.57. The van der Waals surface area contributed by atoms with E-state index in [9.17, 15) is 4.79 Å². The molecule has 3 aromatic rings. The van der Waals surface area contributed by atoms with Gasteiger partial charge in [-0.15, -0.1) is 11.8 Å². The van der Waals surface area contributed by atoms with Crippen LogP contribution in [-0.2, 0) is 4.79 Å². The maximum atomic E-state index is 12.5. The van der Waals surface area contributed by atoms with Crippen LogP contribution in [0.15, 0.2) is 66.7 Å². The fourth-order valence-corrected chi connectivity index (χ4v) is 4.86. The van der Waals surface area contributed by atoms with E-state index in [-0.39, 0.29) is 11.3 Å². The van der Waals surface area contributed by atoms with Crippen molar-refractivity contribution in [2.45, 2.75) is 5.37 Å². The molecule has 142 valence electrons. The number of anilines is 1. The molecule has 0 aliphatic carbocycles. The van der Waals surface area contributed by atoms with Gasteiger partial charge < -0.3 is 4.74 Å².